The minimum atomic E-state index is -0.555. The van der Waals surface area contributed by atoms with Gasteiger partial charge in [0.15, 0.2) is 0 Å². The van der Waals surface area contributed by atoms with Gasteiger partial charge < -0.3 is 18.6 Å². The molecule has 0 aliphatic heterocycles. The lowest BCUT2D eigenvalue weighted by Crippen LogP contribution is -2.08. The second-order valence-corrected chi connectivity index (χ2v) is 6.32. The van der Waals surface area contributed by atoms with Crippen molar-refractivity contribution in [2.45, 2.75) is 6.61 Å². The first-order valence-electron chi connectivity index (χ1n) is 7.62. The maximum Gasteiger partial charge on any atom is 0.338 e. The van der Waals surface area contributed by atoms with E-state index in [2.05, 4.69) is 15.9 Å². The molecule has 2 aromatic carbocycles. The molecule has 134 valence electrons. The molecule has 0 unspecified atom stereocenters. The van der Waals surface area contributed by atoms with E-state index in [1.165, 1.54) is 20.3 Å². The van der Waals surface area contributed by atoms with Gasteiger partial charge in [0.2, 0.25) is 0 Å². The molecule has 1 heterocycles. The lowest BCUT2D eigenvalue weighted by Gasteiger charge is -2.10. The van der Waals surface area contributed by atoms with Crippen molar-refractivity contribution in [2.75, 3.05) is 14.2 Å². The van der Waals surface area contributed by atoms with Crippen LogP contribution in [0, 0.1) is 0 Å². The normalized spacial score (nSPS) is 10.6. The number of rotatable bonds is 5. The summed E-state index contributed by atoms with van der Waals surface area (Å²) >= 11 is 3.33. The number of carbonyl (C=O) groups excluding carboxylic acids is 1. The summed E-state index contributed by atoms with van der Waals surface area (Å²) in [6.45, 7) is -0.0674. The summed E-state index contributed by atoms with van der Waals surface area (Å²) in [5.41, 5.74) is 0.758. The molecule has 26 heavy (non-hydrogen) atoms. The Balaban J connectivity index is 1.86. The van der Waals surface area contributed by atoms with Crippen LogP contribution in [0.1, 0.15) is 15.9 Å². The van der Waals surface area contributed by atoms with Gasteiger partial charge in [0.05, 0.1) is 19.8 Å². The Morgan fingerprint density at radius 3 is 2.38 bits per heavy atom. The molecule has 0 aliphatic carbocycles. The third-order valence-corrected chi connectivity index (χ3v) is 4.23. The van der Waals surface area contributed by atoms with Gasteiger partial charge in [-0.1, -0.05) is 15.9 Å². The van der Waals surface area contributed by atoms with E-state index >= 15 is 0 Å². The van der Waals surface area contributed by atoms with Crippen molar-refractivity contribution in [3.63, 3.8) is 0 Å². The van der Waals surface area contributed by atoms with Crippen LogP contribution in [0.15, 0.2) is 56.1 Å². The van der Waals surface area contributed by atoms with E-state index in [4.69, 9.17) is 18.6 Å². The zero-order valence-electron chi connectivity index (χ0n) is 14.1. The Kier molecular flexibility index (Phi) is 5.27. The first-order chi connectivity index (χ1) is 12.5. The van der Waals surface area contributed by atoms with Gasteiger partial charge in [-0.2, -0.15) is 0 Å². The Labute approximate surface area is 157 Å². The van der Waals surface area contributed by atoms with Crippen molar-refractivity contribution in [3.8, 4) is 11.5 Å². The summed E-state index contributed by atoms with van der Waals surface area (Å²) in [4.78, 5) is 24.1. The molecule has 0 aliphatic rings. The highest BCUT2D eigenvalue weighted by Crippen LogP contribution is 2.25. The summed E-state index contributed by atoms with van der Waals surface area (Å²) in [6.07, 6.45) is 0. The minimum Gasteiger partial charge on any atom is -0.497 e. The van der Waals surface area contributed by atoms with Crippen molar-refractivity contribution in [1.82, 2.24) is 0 Å². The van der Waals surface area contributed by atoms with Crippen molar-refractivity contribution < 1.29 is 23.4 Å². The van der Waals surface area contributed by atoms with Gasteiger partial charge in [-0.05, 0) is 30.3 Å². The summed E-state index contributed by atoms with van der Waals surface area (Å²) in [6, 6.07) is 11.4. The van der Waals surface area contributed by atoms with Crippen LogP contribution in [0.2, 0.25) is 0 Å². The second kappa shape index (κ2) is 7.61. The van der Waals surface area contributed by atoms with Gasteiger partial charge in [-0.15, -0.1) is 0 Å². The minimum absolute atomic E-state index is 0.0674. The third-order valence-electron chi connectivity index (χ3n) is 3.74. The maximum absolute atomic E-state index is 12.4. The van der Waals surface area contributed by atoms with E-state index in [9.17, 15) is 9.59 Å². The molecule has 0 spiro atoms. The fourth-order valence-electron chi connectivity index (χ4n) is 2.48. The van der Waals surface area contributed by atoms with Gasteiger partial charge >= 0.3 is 11.6 Å². The fraction of sp³-hybridized carbons (Fsp3) is 0.158. The summed E-state index contributed by atoms with van der Waals surface area (Å²) in [5.74, 6) is 0.402. The largest absolute Gasteiger partial charge is 0.497 e. The number of hydrogen-bond donors (Lipinski definition) is 0. The number of halogens is 1. The van der Waals surface area contributed by atoms with Gasteiger partial charge in [0.1, 0.15) is 23.7 Å². The van der Waals surface area contributed by atoms with Crippen molar-refractivity contribution in [3.05, 3.63) is 68.5 Å². The molecular formula is C19H15BrO6. The van der Waals surface area contributed by atoms with E-state index < -0.39 is 11.6 Å². The fourth-order valence-corrected chi connectivity index (χ4v) is 2.82. The van der Waals surface area contributed by atoms with Crippen molar-refractivity contribution in [1.29, 1.82) is 0 Å². The Morgan fingerprint density at radius 1 is 1.04 bits per heavy atom. The van der Waals surface area contributed by atoms with Crippen LogP contribution in [0.25, 0.3) is 11.0 Å². The topological polar surface area (TPSA) is 75.0 Å². The zero-order chi connectivity index (χ0) is 18.7. The molecule has 3 aromatic rings. The standard InChI is InChI=1S/C19H15BrO6/c1-23-14-5-11(6-15(9-14)24-2)19(22)25-10-12-7-18(21)26-17-8-13(20)3-4-16(12)17/h3-9H,10H2,1-2H3. The Morgan fingerprint density at radius 2 is 1.73 bits per heavy atom. The number of fused-ring (bicyclic) bond motifs is 1. The molecule has 0 saturated heterocycles. The predicted molar refractivity (Wildman–Crippen MR) is 98.8 cm³/mol. The highest BCUT2D eigenvalue weighted by atomic mass is 79.9. The molecule has 0 saturated carbocycles. The lowest BCUT2D eigenvalue weighted by molar-refractivity contribution is 0.0473. The van der Waals surface area contributed by atoms with Gasteiger partial charge in [0.25, 0.3) is 0 Å². The monoisotopic (exact) mass is 418 g/mol. The summed E-state index contributed by atoms with van der Waals surface area (Å²) < 4.78 is 21.6. The molecule has 0 N–H and O–H groups in total. The van der Waals surface area contributed by atoms with Gasteiger partial charge in [-0.3, -0.25) is 0 Å². The molecule has 0 atom stereocenters. The SMILES string of the molecule is COc1cc(OC)cc(C(=O)OCc2cc(=O)oc3cc(Br)ccc23)c1. The lowest BCUT2D eigenvalue weighted by atomic mass is 10.1. The first-order valence-corrected chi connectivity index (χ1v) is 8.42. The predicted octanol–water partition coefficient (Wildman–Crippen LogP) is 3.93. The zero-order valence-corrected chi connectivity index (χ0v) is 15.7. The summed E-state index contributed by atoms with van der Waals surface area (Å²) in [5, 5.41) is 0.698. The second-order valence-electron chi connectivity index (χ2n) is 5.41. The van der Waals surface area contributed by atoms with Crippen LogP contribution in [-0.4, -0.2) is 20.2 Å². The van der Waals surface area contributed by atoms with Crippen LogP contribution in [-0.2, 0) is 11.3 Å². The average molecular weight is 419 g/mol. The number of hydrogen-bond acceptors (Lipinski definition) is 6. The van der Waals surface area contributed by atoms with Crippen molar-refractivity contribution >= 4 is 32.9 Å². The smallest absolute Gasteiger partial charge is 0.338 e. The molecule has 6 nitrogen and oxygen atoms in total. The molecule has 0 amide bonds. The highest BCUT2D eigenvalue weighted by Gasteiger charge is 2.13. The first kappa shape index (κ1) is 18.0. The van der Waals surface area contributed by atoms with E-state index in [0.717, 1.165) is 4.47 Å². The van der Waals surface area contributed by atoms with Crippen molar-refractivity contribution in [2.24, 2.45) is 0 Å². The van der Waals surface area contributed by atoms with E-state index in [1.54, 1.807) is 30.3 Å². The number of methoxy groups -OCH3 is 2. The molecule has 0 radical (unpaired) electrons. The number of ether oxygens (including phenoxy) is 3. The molecule has 3 rings (SSSR count). The van der Waals surface area contributed by atoms with Crippen LogP contribution in [0.3, 0.4) is 0 Å². The molecular weight excluding hydrogens is 404 g/mol. The quantitative estimate of drug-likeness (QED) is 0.461. The average Bonchev–Trinajstić information content (AvgIpc) is 2.64. The van der Waals surface area contributed by atoms with Crippen LogP contribution in [0.4, 0.5) is 0 Å². The van der Waals surface area contributed by atoms with Crippen LogP contribution >= 0.6 is 15.9 Å². The van der Waals surface area contributed by atoms with E-state index in [-0.39, 0.29) is 12.2 Å². The van der Waals surface area contributed by atoms with E-state index in [0.29, 0.717) is 28.0 Å². The van der Waals surface area contributed by atoms with Gasteiger partial charge in [-0.25, -0.2) is 9.59 Å². The van der Waals surface area contributed by atoms with E-state index in [1.807, 2.05) is 6.07 Å². The Bertz CT molecular complexity index is 1000. The van der Waals surface area contributed by atoms with Gasteiger partial charge in [0, 0.05) is 27.6 Å². The molecule has 7 heteroatoms. The maximum atomic E-state index is 12.4. The van der Waals surface area contributed by atoms with Crippen LogP contribution < -0.4 is 15.1 Å². The molecule has 1 aromatic heterocycles. The third kappa shape index (κ3) is 3.88. The Hall–Kier alpha value is -2.80. The number of carbonyl (C=O) groups is 1. The molecule has 0 fully saturated rings. The highest BCUT2D eigenvalue weighted by molar-refractivity contribution is 9.10. The number of esters is 1. The number of benzene rings is 2. The molecule has 0 bridgehead atoms. The summed E-state index contributed by atoms with van der Waals surface area (Å²) in [7, 11) is 2.99. The van der Waals surface area contributed by atoms with Crippen LogP contribution in [0.5, 0.6) is 11.5 Å².